The summed E-state index contributed by atoms with van der Waals surface area (Å²) in [4.78, 5) is 29.8. The monoisotopic (exact) mass is 605 g/mol. The topological polar surface area (TPSA) is 91.7 Å². The van der Waals surface area contributed by atoms with Gasteiger partial charge in [0.25, 0.3) is 0 Å². The lowest BCUT2D eigenvalue weighted by Gasteiger charge is -2.19. The van der Waals surface area contributed by atoms with Crippen LogP contribution in [0, 0.1) is 0 Å². The first-order valence-corrected chi connectivity index (χ1v) is 15.2. The van der Waals surface area contributed by atoms with E-state index in [1.54, 1.807) is 26.8 Å². The molecule has 0 bridgehead atoms. The highest BCUT2D eigenvalue weighted by molar-refractivity contribution is 5.89. The molecule has 45 heavy (non-hydrogen) atoms. The van der Waals surface area contributed by atoms with Crippen molar-refractivity contribution >= 4 is 29.0 Å². The summed E-state index contributed by atoms with van der Waals surface area (Å²) in [6.07, 6.45) is 1.68. The molecule has 232 valence electrons. The molecule has 0 spiro atoms. The standard InChI is InChI=1S/C37H39N3O5/c1-5-6-16-34-39-31-22-21-29(38-35(41)43-25-27-12-8-7-9-13-27)23-32(31)40(34)24-26-17-19-28(20-18-26)30-14-10-11-15-33(30)44-36(42)45-37(2,3)4/h7-15,17-23H,5-6,16,24-25H2,1-4H3,(H,38,41). The third kappa shape index (κ3) is 8.50. The van der Waals surface area contributed by atoms with Crippen LogP contribution in [0.1, 0.15) is 57.5 Å². The van der Waals surface area contributed by atoms with E-state index in [1.165, 1.54) is 0 Å². The van der Waals surface area contributed by atoms with Crippen LogP contribution in [-0.2, 0) is 29.0 Å². The number of aromatic nitrogens is 2. The predicted octanol–water partition coefficient (Wildman–Crippen LogP) is 9.16. The van der Waals surface area contributed by atoms with E-state index in [4.69, 9.17) is 19.2 Å². The predicted molar refractivity (Wildman–Crippen MR) is 176 cm³/mol. The van der Waals surface area contributed by atoms with Gasteiger partial charge in [-0.15, -0.1) is 0 Å². The molecule has 5 rings (SSSR count). The number of unbranched alkanes of at least 4 members (excludes halogenated alkanes) is 1. The number of anilines is 1. The highest BCUT2D eigenvalue weighted by Crippen LogP contribution is 2.31. The largest absolute Gasteiger partial charge is 0.514 e. The van der Waals surface area contributed by atoms with E-state index >= 15 is 0 Å². The van der Waals surface area contributed by atoms with Crippen LogP contribution in [0.4, 0.5) is 15.3 Å². The van der Waals surface area contributed by atoms with Crippen LogP contribution in [0.25, 0.3) is 22.2 Å². The van der Waals surface area contributed by atoms with Gasteiger partial charge in [0.05, 0.1) is 11.0 Å². The normalized spacial score (nSPS) is 11.3. The molecule has 0 aliphatic carbocycles. The number of nitrogens with zero attached hydrogens (tertiary/aromatic N) is 2. The lowest BCUT2D eigenvalue weighted by atomic mass is 10.0. The van der Waals surface area contributed by atoms with E-state index < -0.39 is 17.8 Å². The fourth-order valence-electron chi connectivity index (χ4n) is 4.96. The van der Waals surface area contributed by atoms with Gasteiger partial charge in [0, 0.05) is 24.2 Å². The van der Waals surface area contributed by atoms with Crippen LogP contribution in [0.3, 0.4) is 0 Å². The third-order valence-corrected chi connectivity index (χ3v) is 7.12. The highest BCUT2D eigenvalue weighted by Gasteiger charge is 2.20. The lowest BCUT2D eigenvalue weighted by molar-refractivity contribution is 0.0207. The third-order valence-electron chi connectivity index (χ3n) is 7.12. The number of fused-ring (bicyclic) bond motifs is 1. The van der Waals surface area contributed by atoms with Crippen LogP contribution in [-0.4, -0.2) is 27.4 Å². The number of rotatable bonds is 10. The molecule has 0 unspecified atom stereocenters. The fraction of sp³-hybridized carbons (Fsp3) is 0.270. The molecule has 4 aromatic carbocycles. The van der Waals surface area contributed by atoms with Crippen molar-refractivity contribution in [1.29, 1.82) is 0 Å². The van der Waals surface area contributed by atoms with E-state index in [2.05, 4.69) is 28.9 Å². The van der Waals surface area contributed by atoms with Gasteiger partial charge in [-0.05, 0) is 68.1 Å². The molecule has 0 fully saturated rings. The molecule has 1 aromatic heterocycles. The number of hydrogen-bond donors (Lipinski definition) is 1. The average molecular weight is 606 g/mol. The fourth-order valence-corrected chi connectivity index (χ4v) is 4.96. The second-order valence-electron chi connectivity index (χ2n) is 11.9. The number of para-hydroxylation sites is 1. The molecule has 0 radical (unpaired) electrons. The molecule has 0 saturated carbocycles. The number of aryl methyl sites for hydroxylation is 1. The summed E-state index contributed by atoms with van der Waals surface area (Å²) in [6.45, 7) is 8.37. The first-order valence-electron chi connectivity index (χ1n) is 15.2. The number of amides is 1. The first kappa shape index (κ1) is 31.3. The lowest BCUT2D eigenvalue weighted by Crippen LogP contribution is -2.26. The van der Waals surface area contributed by atoms with Crippen LogP contribution in [0.2, 0.25) is 0 Å². The van der Waals surface area contributed by atoms with Crippen LogP contribution >= 0.6 is 0 Å². The maximum absolute atomic E-state index is 12.5. The van der Waals surface area contributed by atoms with Crippen molar-refractivity contribution in [2.24, 2.45) is 0 Å². The molecule has 0 aliphatic heterocycles. The summed E-state index contributed by atoms with van der Waals surface area (Å²) in [5.41, 5.74) is 5.51. The molecule has 5 aromatic rings. The first-order chi connectivity index (χ1) is 21.7. The van der Waals surface area contributed by atoms with Gasteiger partial charge in [-0.25, -0.2) is 14.6 Å². The molecule has 1 amide bonds. The minimum Gasteiger partial charge on any atom is -0.444 e. The molecular weight excluding hydrogens is 566 g/mol. The van der Waals surface area contributed by atoms with Gasteiger partial charge in [-0.3, -0.25) is 5.32 Å². The summed E-state index contributed by atoms with van der Waals surface area (Å²) >= 11 is 0. The molecule has 0 saturated heterocycles. The quantitative estimate of drug-likeness (QED) is 0.126. The zero-order valence-corrected chi connectivity index (χ0v) is 26.2. The second kappa shape index (κ2) is 14.1. The Bertz CT molecular complexity index is 1760. The Kier molecular flexibility index (Phi) is 9.82. The Morgan fingerprint density at radius 2 is 1.60 bits per heavy atom. The Morgan fingerprint density at radius 3 is 2.33 bits per heavy atom. The number of imidazole rings is 1. The maximum Gasteiger partial charge on any atom is 0.514 e. The molecular formula is C37H39N3O5. The molecule has 0 atom stereocenters. The Labute approximate surface area is 264 Å². The SMILES string of the molecule is CCCCc1nc2ccc(NC(=O)OCc3ccccc3)cc2n1Cc1ccc(-c2ccccc2OC(=O)OC(C)(C)C)cc1. The van der Waals surface area contributed by atoms with E-state index in [1.807, 2.05) is 78.9 Å². The van der Waals surface area contributed by atoms with E-state index in [0.29, 0.717) is 18.0 Å². The van der Waals surface area contributed by atoms with Gasteiger partial charge in [0.15, 0.2) is 0 Å². The van der Waals surface area contributed by atoms with Gasteiger partial charge < -0.3 is 18.8 Å². The summed E-state index contributed by atoms with van der Waals surface area (Å²) < 4.78 is 18.5. The molecule has 0 aliphatic rings. The van der Waals surface area contributed by atoms with Crippen molar-refractivity contribution in [2.75, 3.05) is 5.32 Å². The minimum absolute atomic E-state index is 0.196. The molecule has 1 N–H and O–H groups in total. The number of hydrogen-bond acceptors (Lipinski definition) is 6. The number of carbonyl (C=O) groups is 2. The minimum atomic E-state index is -0.739. The van der Waals surface area contributed by atoms with E-state index in [0.717, 1.165) is 58.4 Å². The molecule has 8 nitrogen and oxygen atoms in total. The van der Waals surface area contributed by atoms with Gasteiger partial charge in [0.1, 0.15) is 23.8 Å². The van der Waals surface area contributed by atoms with Gasteiger partial charge in [0.2, 0.25) is 0 Å². The Hall–Kier alpha value is -5.11. The number of carbonyl (C=O) groups excluding carboxylic acids is 2. The number of benzene rings is 4. The Morgan fingerprint density at radius 1 is 0.867 bits per heavy atom. The van der Waals surface area contributed by atoms with Crippen LogP contribution in [0.15, 0.2) is 97.1 Å². The van der Waals surface area contributed by atoms with E-state index in [9.17, 15) is 9.59 Å². The number of ether oxygens (including phenoxy) is 3. The Balaban J connectivity index is 1.35. The molecule has 1 heterocycles. The van der Waals surface area contributed by atoms with E-state index in [-0.39, 0.29) is 6.61 Å². The van der Waals surface area contributed by atoms with Crippen molar-refractivity contribution in [2.45, 2.75) is 65.7 Å². The second-order valence-corrected chi connectivity index (χ2v) is 11.9. The molecule has 8 heteroatoms. The van der Waals surface area contributed by atoms with Crippen molar-refractivity contribution in [3.05, 3.63) is 114 Å². The maximum atomic E-state index is 12.5. The van der Waals surface area contributed by atoms with Crippen molar-refractivity contribution in [3.8, 4) is 16.9 Å². The van der Waals surface area contributed by atoms with Gasteiger partial charge in [-0.2, -0.15) is 0 Å². The van der Waals surface area contributed by atoms with Gasteiger partial charge in [-0.1, -0.05) is 86.1 Å². The highest BCUT2D eigenvalue weighted by atomic mass is 16.7. The van der Waals surface area contributed by atoms with Crippen LogP contribution < -0.4 is 10.1 Å². The van der Waals surface area contributed by atoms with Crippen molar-refractivity contribution in [3.63, 3.8) is 0 Å². The summed E-state index contributed by atoms with van der Waals surface area (Å²) in [6, 6.07) is 30.9. The smallest absolute Gasteiger partial charge is 0.444 e. The van der Waals surface area contributed by atoms with Crippen molar-refractivity contribution < 1.29 is 23.8 Å². The zero-order chi connectivity index (χ0) is 31.8. The summed E-state index contributed by atoms with van der Waals surface area (Å²) in [5.74, 6) is 1.43. The van der Waals surface area contributed by atoms with Crippen molar-refractivity contribution in [1.82, 2.24) is 9.55 Å². The zero-order valence-electron chi connectivity index (χ0n) is 26.2. The van der Waals surface area contributed by atoms with Gasteiger partial charge >= 0.3 is 12.2 Å². The summed E-state index contributed by atoms with van der Waals surface area (Å²) in [5, 5.41) is 2.86. The van der Waals surface area contributed by atoms with Crippen LogP contribution in [0.5, 0.6) is 5.75 Å². The average Bonchev–Trinajstić information content (AvgIpc) is 3.35. The number of nitrogens with one attached hydrogen (secondary N) is 1. The summed E-state index contributed by atoms with van der Waals surface area (Å²) in [7, 11) is 0.